The fourth-order valence-electron chi connectivity index (χ4n) is 2.15. The van der Waals surface area contributed by atoms with Gasteiger partial charge in [-0.05, 0) is 30.7 Å². The number of rotatable bonds is 4. The Morgan fingerprint density at radius 2 is 2.14 bits per heavy atom. The summed E-state index contributed by atoms with van der Waals surface area (Å²) in [5.74, 6) is 0. The summed E-state index contributed by atoms with van der Waals surface area (Å²) in [7, 11) is -3.61. The Labute approximate surface area is 122 Å². The molecule has 3 rings (SSSR count). The van der Waals surface area contributed by atoms with Gasteiger partial charge in [-0.3, -0.25) is 10.1 Å². The van der Waals surface area contributed by atoms with Crippen molar-refractivity contribution in [3.63, 3.8) is 0 Å². The molecule has 0 amide bonds. The van der Waals surface area contributed by atoms with Gasteiger partial charge in [-0.1, -0.05) is 6.07 Å². The van der Waals surface area contributed by atoms with Gasteiger partial charge in [-0.15, -0.1) is 0 Å². The number of hydrogen-bond acceptors (Lipinski definition) is 4. The van der Waals surface area contributed by atoms with Crippen LogP contribution in [0.1, 0.15) is 11.1 Å². The van der Waals surface area contributed by atoms with Crippen LogP contribution in [-0.4, -0.2) is 23.6 Å². The van der Waals surface area contributed by atoms with E-state index in [9.17, 15) is 8.42 Å². The number of benzene rings is 1. The highest BCUT2D eigenvalue weighted by Gasteiger charge is 2.18. The smallest absolute Gasteiger partial charge is 0.241 e. The van der Waals surface area contributed by atoms with Gasteiger partial charge in [0.05, 0.1) is 16.6 Å². The van der Waals surface area contributed by atoms with Crippen LogP contribution < -0.4 is 4.72 Å². The first-order valence-corrected chi connectivity index (χ1v) is 7.88. The molecule has 21 heavy (non-hydrogen) atoms. The molecule has 0 spiro atoms. The number of nitrogens with zero attached hydrogens (tertiary/aromatic N) is 2. The van der Waals surface area contributed by atoms with Crippen molar-refractivity contribution in [1.29, 1.82) is 0 Å². The molecule has 0 aliphatic heterocycles. The zero-order valence-corrected chi connectivity index (χ0v) is 12.2. The molecule has 0 unspecified atom stereocenters. The largest absolute Gasteiger partial charge is 0.285 e. The van der Waals surface area contributed by atoms with Gasteiger partial charge < -0.3 is 0 Å². The summed E-state index contributed by atoms with van der Waals surface area (Å²) >= 11 is 0. The van der Waals surface area contributed by atoms with Crippen LogP contribution in [0.5, 0.6) is 0 Å². The predicted molar refractivity (Wildman–Crippen MR) is 79.1 cm³/mol. The van der Waals surface area contributed by atoms with Gasteiger partial charge in [0.25, 0.3) is 0 Å². The summed E-state index contributed by atoms with van der Waals surface area (Å²) in [5.41, 5.74) is 2.41. The molecular weight excluding hydrogens is 288 g/mol. The molecule has 7 heteroatoms. The lowest BCUT2D eigenvalue weighted by atomic mass is 10.1. The fraction of sp³-hybridized carbons (Fsp3) is 0.143. The molecule has 0 atom stereocenters. The Bertz CT molecular complexity index is 873. The third-order valence-corrected chi connectivity index (χ3v) is 4.70. The van der Waals surface area contributed by atoms with Gasteiger partial charge in [0.2, 0.25) is 10.0 Å². The number of pyridine rings is 1. The van der Waals surface area contributed by atoms with Crippen molar-refractivity contribution in [1.82, 2.24) is 19.9 Å². The van der Waals surface area contributed by atoms with Crippen molar-refractivity contribution in [2.75, 3.05) is 0 Å². The minimum absolute atomic E-state index is 0.189. The minimum Gasteiger partial charge on any atom is -0.285 e. The zero-order chi connectivity index (χ0) is 14.9. The van der Waals surface area contributed by atoms with E-state index in [0.29, 0.717) is 10.9 Å². The Morgan fingerprint density at radius 3 is 2.90 bits per heavy atom. The van der Waals surface area contributed by atoms with Gasteiger partial charge in [0, 0.05) is 29.9 Å². The van der Waals surface area contributed by atoms with E-state index in [0.717, 1.165) is 11.1 Å². The van der Waals surface area contributed by atoms with Crippen molar-refractivity contribution in [3.05, 3.63) is 54.0 Å². The van der Waals surface area contributed by atoms with Crippen LogP contribution in [0.25, 0.3) is 10.9 Å². The summed E-state index contributed by atoms with van der Waals surface area (Å²) < 4.78 is 27.5. The molecule has 0 saturated carbocycles. The second kappa shape index (κ2) is 5.27. The van der Waals surface area contributed by atoms with Gasteiger partial charge in [-0.25, -0.2) is 13.1 Å². The number of hydrogen-bond donors (Lipinski definition) is 2. The van der Waals surface area contributed by atoms with Crippen molar-refractivity contribution >= 4 is 20.9 Å². The van der Waals surface area contributed by atoms with E-state index in [1.165, 1.54) is 0 Å². The minimum atomic E-state index is -3.61. The molecule has 0 fully saturated rings. The number of fused-ring (bicyclic) bond motifs is 1. The highest BCUT2D eigenvalue weighted by atomic mass is 32.2. The number of aromatic amines is 1. The lowest BCUT2D eigenvalue weighted by molar-refractivity contribution is 0.582. The Hall–Kier alpha value is -2.25. The fourth-order valence-corrected chi connectivity index (χ4v) is 3.37. The number of H-pyrrole nitrogens is 1. The van der Waals surface area contributed by atoms with Crippen LogP contribution in [0.2, 0.25) is 0 Å². The summed E-state index contributed by atoms with van der Waals surface area (Å²) in [6, 6.07) is 6.87. The SMILES string of the molecule is Cc1ccc(S(=O)(=O)NCc2cn[nH]c2)c2cccnc12. The highest BCUT2D eigenvalue weighted by Crippen LogP contribution is 2.24. The monoisotopic (exact) mass is 302 g/mol. The zero-order valence-electron chi connectivity index (χ0n) is 11.4. The van der Waals surface area contributed by atoms with Gasteiger partial charge in [0.1, 0.15) is 0 Å². The number of aromatic nitrogens is 3. The van der Waals surface area contributed by atoms with Gasteiger partial charge >= 0.3 is 0 Å². The van der Waals surface area contributed by atoms with Crippen LogP contribution in [0, 0.1) is 6.92 Å². The molecule has 2 aromatic heterocycles. The molecule has 2 N–H and O–H groups in total. The predicted octanol–water partition coefficient (Wildman–Crippen LogP) is 1.74. The Morgan fingerprint density at radius 1 is 1.29 bits per heavy atom. The maximum atomic E-state index is 12.5. The average Bonchev–Trinajstić information content (AvgIpc) is 2.99. The van der Waals surface area contributed by atoms with Crippen LogP contribution in [0.3, 0.4) is 0 Å². The number of aryl methyl sites for hydroxylation is 1. The van der Waals surface area contributed by atoms with Gasteiger partial charge in [-0.2, -0.15) is 5.10 Å². The third kappa shape index (κ3) is 2.65. The maximum absolute atomic E-state index is 12.5. The lowest BCUT2D eigenvalue weighted by Crippen LogP contribution is -2.23. The molecular formula is C14H14N4O2S. The van der Waals surface area contributed by atoms with E-state index < -0.39 is 10.0 Å². The molecule has 2 heterocycles. The highest BCUT2D eigenvalue weighted by molar-refractivity contribution is 7.89. The van der Waals surface area contributed by atoms with E-state index >= 15 is 0 Å². The topological polar surface area (TPSA) is 87.7 Å². The summed E-state index contributed by atoms with van der Waals surface area (Å²) in [6.45, 7) is 2.10. The average molecular weight is 302 g/mol. The first kappa shape index (κ1) is 13.7. The van der Waals surface area contributed by atoms with Crippen molar-refractivity contribution in [2.45, 2.75) is 18.4 Å². The maximum Gasteiger partial charge on any atom is 0.241 e. The van der Waals surface area contributed by atoms with Crippen molar-refractivity contribution in [3.8, 4) is 0 Å². The van der Waals surface area contributed by atoms with Crippen molar-refractivity contribution in [2.24, 2.45) is 0 Å². The molecule has 3 aromatic rings. The molecule has 0 aliphatic rings. The molecule has 6 nitrogen and oxygen atoms in total. The number of sulfonamides is 1. The standard InChI is InChI=1S/C14H14N4O2S/c1-10-4-5-13(12-3-2-6-15-14(10)12)21(19,20)18-9-11-7-16-17-8-11/h2-8,18H,9H2,1H3,(H,16,17). The van der Waals surface area contributed by atoms with E-state index in [1.807, 2.05) is 6.92 Å². The number of nitrogens with one attached hydrogen (secondary N) is 2. The van der Waals surface area contributed by atoms with E-state index in [-0.39, 0.29) is 11.4 Å². The molecule has 1 aromatic carbocycles. The Balaban J connectivity index is 2.01. The first-order chi connectivity index (χ1) is 10.1. The molecule has 108 valence electrons. The summed E-state index contributed by atoms with van der Waals surface area (Å²) in [5, 5.41) is 7.06. The van der Waals surface area contributed by atoms with Crippen LogP contribution >= 0.6 is 0 Å². The molecule has 0 saturated heterocycles. The van der Waals surface area contributed by atoms with Gasteiger partial charge in [0.15, 0.2) is 0 Å². The molecule has 0 aliphatic carbocycles. The normalized spacial score (nSPS) is 11.9. The second-order valence-electron chi connectivity index (χ2n) is 4.71. The quantitative estimate of drug-likeness (QED) is 0.768. The third-order valence-electron chi connectivity index (χ3n) is 3.24. The van der Waals surface area contributed by atoms with Crippen LogP contribution in [0.4, 0.5) is 0 Å². The van der Waals surface area contributed by atoms with E-state index in [1.54, 1.807) is 42.9 Å². The van der Waals surface area contributed by atoms with Crippen LogP contribution in [0.15, 0.2) is 47.8 Å². The molecule has 0 radical (unpaired) electrons. The van der Waals surface area contributed by atoms with Crippen LogP contribution in [-0.2, 0) is 16.6 Å². The Kier molecular flexibility index (Phi) is 3.44. The lowest BCUT2D eigenvalue weighted by Gasteiger charge is -2.10. The second-order valence-corrected chi connectivity index (χ2v) is 6.45. The van der Waals surface area contributed by atoms with Crippen molar-refractivity contribution < 1.29 is 8.42 Å². The van der Waals surface area contributed by atoms with E-state index in [2.05, 4.69) is 19.9 Å². The first-order valence-electron chi connectivity index (χ1n) is 6.39. The summed E-state index contributed by atoms with van der Waals surface area (Å²) in [4.78, 5) is 4.49. The van der Waals surface area contributed by atoms with E-state index in [4.69, 9.17) is 0 Å². The molecule has 0 bridgehead atoms. The summed E-state index contributed by atoms with van der Waals surface area (Å²) in [6.07, 6.45) is 4.89.